The summed E-state index contributed by atoms with van der Waals surface area (Å²) in [5.41, 5.74) is 16.7. The van der Waals surface area contributed by atoms with Crippen LogP contribution >= 0.6 is 0 Å². The van der Waals surface area contributed by atoms with Crippen molar-refractivity contribution < 1.29 is 23.9 Å². The molecule has 1 atom stereocenters. The van der Waals surface area contributed by atoms with Crippen molar-refractivity contribution in [3.63, 3.8) is 0 Å². The van der Waals surface area contributed by atoms with Gasteiger partial charge in [-0.1, -0.05) is 48.5 Å². The summed E-state index contributed by atoms with van der Waals surface area (Å²) in [5, 5.41) is 5.43. The first kappa shape index (κ1) is 37.0. The first-order chi connectivity index (χ1) is 26.7. The van der Waals surface area contributed by atoms with Crippen LogP contribution in [0.3, 0.4) is 0 Å². The number of ketones is 1. The topological polar surface area (TPSA) is 206 Å². The molecule has 3 aromatic heterocycles. The molecule has 0 bridgehead atoms. The molecule has 0 aliphatic carbocycles. The molecule has 1 aliphatic rings. The zero-order valence-corrected chi connectivity index (χ0v) is 30.6. The summed E-state index contributed by atoms with van der Waals surface area (Å²) in [7, 11) is 1.56. The minimum absolute atomic E-state index is 0.000666. The van der Waals surface area contributed by atoms with Crippen molar-refractivity contribution in [3.05, 3.63) is 106 Å². The van der Waals surface area contributed by atoms with Gasteiger partial charge in [0.2, 0.25) is 5.91 Å². The number of amides is 2. The molecule has 0 spiro atoms. The second kappa shape index (κ2) is 16.3. The van der Waals surface area contributed by atoms with Gasteiger partial charge in [-0.05, 0) is 54.2 Å². The molecule has 1 saturated heterocycles. The number of methoxy groups -OCH3 is 1. The third kappa shape index (κ3) is 8.41. The number of fused-ring (bicyclic) bond motifs is 2. The van der Waals surface area contributed by atoms with E-state index in [0.717, 1.165) is 40.6 Å². The minimum Gasteiger partial charge on any atom is -0.461 e. The molecule has 2 amide bonds. The Bertz CT molecular complexity index is 2400. The second-order valence-corrected chi connectivity index (χ2v) is 13.8. The van der Waals surface area contributed by atoms with Crippen LogP contribution in [0.1, 0.15) is 65.1 Å². The Morgan fingerprint density at radius 1 is 0.945 bits per heavy atom. The number of anilines is 1. The zero-order chi connectivity index (χ0) is 38.5. The third-order valence-electron chi connectivity index (χ3n) is 10.0. The Hall–Kier alpha value is -6.35. The summed E-state index contributed by atoms with van der Waals surface area (Å²) in [6.45, 7) is 2.14. The van der Waals surface area contributed by atoms with Crippen LogP contribution in [0.4, 0.5) is 5.82 Å². The maximum atomic E-state index is 13.2. The smallest absolute Gasteiger partial charge is 0.328 e. The highest BCUT2D eigenvalue weighted by atomic mass is 16.5. The summed E-state index contributed by atoms with van der Waals surface area (Å²) in [6.07, 6.45) is 5.02. The number of carbonyl (C=O) groups excluding carboxylic acids is 3. The fraction of sp³-hybridized carbons (Fsp3) is 0.325. The number of nitrogen functional groups attached to an aromatic ring is 1. The van der Waals surface area contributed by atoms with Crippen LogP contribution in [0.5, 0.6) is 6.01 Å². The van der Waals surface area contributed by atoms with Gasteiger partial charge in [-0.25, -0.2) is 9.48 Å². The molecule has 1 aliphatic heterocycles. The number of hydrogen-bond acceptors (Lipinski definition) is 10. The van der Waals surface area contributed by atoms with Crippen molar-refractivity contribution in [2.45, 2.75) is 51.0 Å². The molecule has 55 heavy (non-hydrogen) atoms. The summed E-state index contributed by atoms with van der Waals surface area (Å²) in [4.78, 5) is 63.7. The van der Waals surface area contributed by atoms with E-state index in [4.69, 9.17) is 20.9 Å². The highest BCUT2D eigenvalue weighted by Gasteiger charge is 2.25. The number of nitrogens with zero attached hydrogens (tertiary/aromatic N) is 6. The molecular weight excluding hydrogens is 702 g/mol. The van der Waals surface area contributed by atoms with E-state index in [9.17, 15) is 19.2 Å². The number of imidazole rings is 1. The molecule has 3 aromatic carbocycles. The van der Waals surface area contributed by atoms with E-state index < -0.39 is 5.91 Å². The maximum absolute atomic E-state index is 13.2. The lowest BCUT2D eigenvalue weighted by Crippen LogP contribution is -2.39. The van der Waals surface area contributed by atoms with E-state index in [1.54, 1.807) is 23.9 Å². The third-order valence-corrected chi connectivity index (χ3v) is 10.0. The van der Waals surface area contributed by atoms with Gasteiger partial charge in [-0.2, -0.15) is 15.1 Å². The summed E-state index contributed by atoms with van der Waals surface area (Å²) in [5.74, 6) is -0.162. The largest absolute Gasteiger partial charge is 0.461 e. The number of likely N-dealkylation sites (tertiary alicyclic amines) is 1. The predicted octanol–water partition coefficient (Wildman–Crippen LogP) is 3.90. The van der Waals surface area contributed by atoms with Crippen LogP contribution in [0, 0.1) is 0 Å². The SMILES string of the molecule is COCCOc1nc(N)c2[nH]c(=O)n(Cc3ccc(CCC(=O)CCC(=O)N4CCC[C@@H](c5ccc(-n6cc7cccc(C(N)=O)c7n6)cc5)C4)cc3)c2n1. The first-order valence-electron chi connectivity index (χ1n) is 18.3. The Kier molecular flexibility index (Phi) is 11.0. The average Bonchev–Trinajstić information content (AvgIpc) is 3.78. The molecule has 4 heterocycles. The van der Waals surface area contributed by atoms with Crippen LogP contribution in [-0.2, 0) is 27.3 Å². The molecule has 5 N–H and O–H groups in total. The molecule has 15 nitrogen and oxygen atoms in total. The first-order valence-corrected chi connectivity index (χ1v) is 18.3. The van der Waals surface area contributed by atoms with E-state index in [-0.39, 0.29) is 61.1 Å². The van der Waals surface area contributed by atoms with Crippen molar-refractivity contribution in [2.75, 3.05) is 39.1 Å². The number of rotatable bonds is 15. The minimum atomic E-state index is -0.516. The lowest BCUT2D eigenvalue weighted by Gasteiger charge is -2.33. The van der Waals surface area contributed by atoms with E-state index in [2.05, 4.69) is 32.2 Å². The van der Waals surface area contributed by atoms with Crippen LogP contribution in [0.25, 0.3) is 27.8 Å². The fourth-order valence-corrected chi connectivity index (χ4v) is 7.02. The number of piperidine rings is 1. The number of ether oxygens (including phenoxy) is 2. The number of nitrogens with two attached hydrogens (primary N) is 2. The Morgan fingerprint density at radius 2 is 1.73 bits per heavy atom. The number of H-pyrrole nitrogens is 1. The van der Waals surface area contributed by atoms with Crippen molar-refractivity contribution in [1.82, 2.24) is 34.2 Å². The van der Waals surface area contributed by atoms with Gasteiger partial charge in [0.15, 0.2) is 11.5 Å². The van der Waals surface area contributed by atoms with Crippen LogP contribution in [0.2, 0.25) is 0 Å². The number of Topliss-reactive ketones (excluding diaryl/α,β-unsaturated/α-hetero) is 1. The van der Waals surface area contributed by atoms with E-state index >= 15 is 0 Å². The lowest BCUT2D eigenvalue weighted by molar-refractivity contribution is -0.134. The molecule has 1 fully saturated rings. The number of nitrogens with one attached hydrogen (secondary N) is 1. The van der Waals surface area contributed by atoms with Crippen molar-refractivity contribution in [1.29, 1.82) is 0 Å². The van der Waals surface area contributed by atoms with Crippen molar-refractivity contribution in [2.24, 2.45) is 5.73 Å². The standard InChI is InChI=1S/C40H43N9O6/c1-54-20-21-55-39-44-36(41)35-38(45-39)48(40(53)43-35)22-26-9-7-25(8-10-26)11-16-31(50)17-18-33(51)47-19-3-5-28(23-47)27-12-14-30(15-13-27)49-24-29-4-2-6-32(37(42)52)34(29)46-49/h2,4,6-10,12-15,24,28H,3,5,11,16-23H2,1H3,(H2,42,52)(H,43,53)(H2,41,44,45)/t28-/m1/s1. The quantitative estimate of drug-likeness (QED) is 0.129. The van der Waals surface area contributed by atoms with Crippen molar-refractivity contribution >= 4 is 45.5 Å². The molecule has 6 aromatic rings. The number of hydrogen-bond donors (Lipinski definition) is 3. The molecule has 0 radical (unpaired) electrons. The zero-order valence-electron chi connectivity index (χ0n) is 30.6. The monoisotopic (exact) mass is 745 g/mol. The van der Waals surface area contributed by atoms with Gasteiger partial charge >= 0.3 is 11.7 Å². The molecular formula is C40H43N9O6. The van der Waals surface area contributed by atoms with Crippen LogP contribution in [0.15, 0.2) is 77.7 Å². The maximum Gasteiger partial charge on any atom is 0.328 e. The molecule has 0 unspecified atom stereocenters. The highest BCUT2D eigenvalue weighted by Crippen LogP contribution is 2.29. The van der Waals surface area contributed by atoms with Gasteiger partial charge < -0.3 is 30.8 Å². The van der Waals surface area contributed by atoms with Crippen LogP contribution < -0.4 is 21.9 Å². The summed E-state index contributed by atoms with van der Waals surface area (Å²) < 4.78 is 13.7. The highest BCUT2D eigenvalue weighted by molar-refractivity contribution is 6.04. The van der Waals surface area contributed by atoms with Gasteiger partial charge in [-0.3, -0.25) is 19.0 Å². The van der Waals surface area contributed by atoms with E-state index in [0.29, 0.717) is 54.8 Å². The van der Waals surface area contributed by atoms with Gasteiger partial charge in [0.25, 0.3) is 5.91 Å². The second-order valence-electron chi connectivity index (χ2n) is 13.8. The number of aromatic amines is 1. The molecule has 0 saturated carbocycles. The van der Waals surface area contributed by atoms with Gasteiger partial charge in [0.05, 0.1) is 24.4 Å². The Morgan fingerprint density at radius 3 is 2.49 bits per heavy atom. The fourth-order valence-electron chi connectivity index (χ4n) is 7.02. The van der Waals surface area contributed by atoms with Crippen LogP contribution in [-0.4, -0.2) is 85.2 Å². The molecule has 15 heteroatoms. The van der Waals surface area contributed by atoms with E-state index in [1.165, 1.54) is 4.57 Å². The number of aryl methyl sites for hydroxylation is 1. The van der Waals surface area contributed by atoms with Gasteiger partial charge in [-0.15, -0.1) is 0 Å². The van der Waals surface area contributed by atoms with Gasteiger partial charge in [0, 0.05) is 57.0 Å². The summed E-state index contributed by atoms with van der Waals surface area (Å²) >= 11 is 0. The lowest BCUT2D eigenvalue weighted by atomic mass is 9.90. The number of carbonyl (C=O) groups is 3. The van der Waals surface area contributed by atoms with E-state index in [1.807, 2.05) is 53.6 Å². The van der Waals surface area contributed by atoms with Gasteiger partial charge in [0.1, 0.15) is 23.4 Å². The number of primary amides is 1. The molecule has 284 valence electrons. The number of benzene rings is 3. The van der Waals surface area contributed by atoms with Crippen molar-refractivity contribution in [3.8, 4) is 11.7 Å². The Labute approximate surface area is 316 Å². The average molecular weight is 746 g/mol. The Balaban J connectivity index is 0.885. The normalized spacial score (nSPS) is 14.4. The summed E-state index contributed by atoms with van der Waals surface area (Å²) in [6, 6.07) is 21.2. The predicted molar refractivity (Wildman–Crippen MR) is 206 cm³/mol. The number of aromatic nitrogens is 6. The molecule has 7 rings (SSSR count).